The number of likely N-dealkylation sites (tertiary alicyclic amines) is 1. The molecule has 0 spiro atoms. The van der Waals surface area contributed by atoms with E-state index >= 15 is 0 Å². The highest BCUT2D eigenvalue weighted by Gasteiger charge is 2.37. The van der Waals surface area contributed by atoms with Gasteiger partial charge in [-0.25, -0.2) is 0 Å². The van der Waals surface area contributed by atoms with Gasteiger partial charge in [0.15, 0.2) is 0 Å². The van der Waals surface area contributed by atoms with Crippen molar-refractivity contribution in [2.75, 3.05) is 6.54 Å². The summed E-state index contributed by atoms with van der Waals surface area (Å²) in [6, 6.07) is 0.785. The van der Waals surface area contributed by atoms with Crippen LogP contribution in [0, 0.1) is 5.41 Å². The molecule has 1 fully saturated rings. The van der Waals surface area contributed by atoms with Crippen LogP contribution in [0.25, 0.3) is 0 Å². The summed E-state index contributed by atoms with van der Waals surface area (Å²) in [7, 11) is 0. The van der Waals surface area contributed by atoms with Crippen molar-refractivity contribution in [1.82, 2.24) is 4.90 Å². The van der Waals surface area contributed by atoms with E-state index in [0.717, 1.165) is 6.04 Å². The van der Waals surface area contributed by atoms with E-state index in [-0.39, 0.29) is 0 Å². The summed E-state index contributed by atoms with van der Waals surface area (Å²) in [5, 5.41) is 0. The van der Waals surface area contributed by atoms with Crippen LogP contribution in [0.4, 0.5) is 0 Å². The molecule has 1 saturated heterocycles. The van der Waals surface area contributed by atoms with Gasteiger partial charge in [0, 0.05) is 11.6 Å². The molecule has 0 aromatic rings. The van der Waals surface area contributed by atoms with Gasteiger partial charge in [-0.05, 0) is 52.0 Å². The van der Waals surface area contributed by atoms with Gasteiger partial charge in [-0.15, -0.1) is 0 Å². The Morgan fingerprint density at radius 2 is 1.80 bits per heavy atom. The molecule has 0 N–H and O–H groups in total. The number of nitrogens with zero attached hydrogens (tertiary/aromatic N) is 1. The van der Waals surface area contributed by atoms with E-state index in [1.165, 1.54) is 32.2 Å². The molecule has 1 heterocycles. The minimum atomic E-state index is 0.370. The molecule has 0 aromatic carbocycles. The van der Waals surface area contributed by atoms with Crippen LogP contribution < -0.4 is 0 Å². The van der Waals surface area contributed by atoms with Crippen LogP contribution in [0.5, 0.6) is 0 Å². The Labute approximate surface area is 96.2 Å². The SMILES string of the molecule is CCC(C)(C)CC(C)(C)N1CCC[C@@H]1C. The molecule has 0 aromatic heterocycles. The van der Waals surface area contributed by atoms with Crippen molar-refractivity contribution in [3.05, 3.63) is 0 Å². The van der Waals surface area contributed by atoms with Gasteiger partial charge in [-0.2, -0.15) is 0 Å². The zero-order valence-electron chi connectivity index (χ0n) is 11.6. The molecule has 0 aliphatic carbocycles. The number of hydrogen-bond donors (Lipinski definition) is 0. The van der Waals surface area contributed by atoms with Gasteiger partial charge in [0.05, 0.1) is 0 Å². The summed E-state index contributed by atoms with van der Waals surface area (Å²) in [5.74, 6) is 0. The van der Waals surface area contributed by atoms with Crippen molar-refractivity contribution in [3.63, 3.8) is 0 Å². The molecular formula is C14H29N. The Morgan fingerprint density at radius 3 is 2.20 bits per heavy atom. The van der Waals surface area contributed by atoms with E-state index in [1.54, 1.807) is 0 Å². The maximum Gasteiger partial charge on any atom is 0.0161 e. The van der Waals surface area contributed by atoms with Gasteiger partial charge in [0.1, 0.15) is 0 Å². The van der Waals surface area contributed by atoms with E-state index in [2.05, 4.69) is 46.4 Å². The quantitative estimate of drug-likeness (QED) is 0.677. The summed E-state index contributed by atoms with van der Waals surface area (Å²) >= 11 is 0. The van der Waals surface area contributed by atoms with Crippen LogP contribution >= 0.6 is 0 Å². The van der Waals surface area contributed by atoms with E-state index < -0.39 is 0 Å². The first-order valence-corrected chi connectivity index (χ1v) is 6.55. The minimum Gasteiger partial charge on any atom is -0.296 e. The fourth-order valence-electron chi connectivity index (χ4n) is 3.23. The zero-order chi connectivity index (χ0) is 11.7. The molecular weight excluding hydrogens is 182 g/mol. The Kier molecular flexibility index (Phi) is 3.86. The van der Waals surface area contributed by atoms with Crippen LogP contribution in [0.3, 0.4) is 0 Å². The first-order valence-electron chi connectivity index (χ1n) is 6.55. The molecule has 1 heteroatoms. The second-order valence-electron chi connectivity index (χ2n) is 6.69. The van der Waals surface area contributed by atoms with Gasteiger partial charge in [0.25, 0.3) is 0 Å². The number of rotatable bonds is 4. The molecule has 1 aliphatic rings. The molecule has 1 aliphatic heterocycles. The van der Waals surface area contributed by atoms with E-state index in [4.69, 9.17) is 0 Å². The maximum atomic E-state index is 2.71. The molecule has 0 amide bonds. The molecule has 1 nitrogen and oxygen atoms in total. The molecule has 1 rings (SSSR count). The largest absolute Gasteiger partial charge is 0.296 e. The highest BCUT2D eigenvalue weighted by Crippen LogP contribution is 2.37. The Bertz CT molecular complexity index is 205. The summed E-state index contributed by atoms with van der Waals surface area (Å²) in [6.07, 6.45) is 5.35. The van der Waals surface area contributed by atoms with Gasteiger partial charge < -0.3 is 0 Å². The van der Waals surface area contributed by atoms with Crippen LogP contribution in [-0.2, 0) is 0 Å². The lowest BCUT2D eigenvalue weighted by Crippen LogP contribution is -2.48. The normalized spacial score (nSPS) is 24.8. The third-order valence-corrected chi connectivity index (χ3v) is 4.20. The molecule has 0 saturated carbocycles. The van der Waals surface area contributed by atoms with Crippen LogP contribution in [0.15, 0.2) is 0 Å². The fourth-order valence-corrected chi connectivity index (χ4v) is 3.23. The van der Waals surface area contributed by atoms with Crippen LogP contribution in [0.2, 0.25) is 0 Å². The predicted molar refractivity (Wildman–Crippen MR) is 68.2 cm³/mol. The standard InChI is InChI=1S/C14H29N/c1-7-13(3,4)11-14(5,6)15-10-8-9-12(15)2/h12H,7-11H2,1-6H3/t12-/m0/s1. The highest BCUT2D eigenvalue weighted by molar-refractivity contribution is 4.92. The topological polar surface area (TPSA) is 3.24 Å². The third kappa shape index (κ3) is 3.21. The van der Waals surface area contributed by atoms with Crippen molar-refractivity contribution in [2.24, 2.45) is 5.41 Å². The molecule has 90 valence electrons. The summed E-state index contributed by atoms with van der Waals surface area (Å²) in [4.78, 5) is 2.71. The molecule has 0 radical (unpaired) electrons. The van der Waals surface area contributed by atoms with Crippen molar-refractivity contribution in [2.45, 2.75) is 78.8 Å². The van der Waals surface area contributed by atoms with Crippen molar-refractivity contribution in [1.29, 1.82) is 0 Å². The average Bonchev–Trinajstić information content (AvgIpc) is 2.50. The molecule has 1 atom stereocenters. The molecule has 0 bridgehead atoms. The fraction of sp³-hybridized carbons (Fsp3) is 1.00. The summed E-state index contributed by atoms with van der Waals surface area (Å²) < 4.78 is 0. The van der Waals surface area contributed by atoms with Crippen molar-refractivity contribution in [3.8, 4) is 0 Å². The van der Waals surface area contributed by atoms with Gasteiger partial charge in [-0.1, -0.05) is 27.2 Å². The Balaban J connectivity index is 2.65. The van der Waals surface area contributed by atoms with E-state index in [1.807, 2.05) is 0 Å². The Morgan fingerprint density at radius 1 is 1.20 bits per heavy atom. The summed E-state index contributed by atoms with van der Waals surface area (Å²) in [5.41, 5.74) is 0.848. The van der Waals surface area contributed by atoms with Crippen LogP contribution in [-0.4, -0.2) is 23.0 Å². The summed E-state index contributed by atoms with van der Waals surface area (Å²) in [6.45, 7) is 15.6. The average molecular weight is 211 g/mol. The lowest BCUT2D eigenvalue weighted by molar-refractivity contribution is 0.0649. The van der Waals surface area contributed by atoms with E-state index in [9.17, 15) is 0 Å². The monoisotopic (exact) mass is 211 g/mol. The number of hydrogen-bond acceptors (Lipinski definition) is 1. The lowest BCUT2D eigenvalue weighted by atomic mass is 9.77. The maximum absolute atomic E-state index is 2.71. The van der Waals surface area contributed by atoms with Gasteiger partial charge in [0.2, 0.25) is 0 Å². The van der Waals surface area contributed by atoms with Gasteiger partial charge >= 0.3 is 0 Å². The molecule has 15 heavy (non-hydrogen) atoms. The lowest BCUT2D eigenvalue weighted by Gasteiger charge is -2.43. The first-order chi connectivity index (χ1) is 6.78. The second kappa shape index (κ2) is 4.45. The minimum absolute atomic E-state index is 0.370. The predicted octanol–water partition coefficient (Wildman–Crippen LogP) is 4.08. The second-order valence-corrected chi connectivity index (χ2v) is 6.69. The van der Waals surface area contributed by atoms with Gasteiger partial charge in [-0.3, -0.25) is 4.90 Å². The highest BCUT2D eigenvalue weighted by atomic mass is 15.2. The zero-order valence-corrected chi connectivity index (χ0v) is 11.6. The first kappa shape index (κ1) is 13.0. The third-order valence-electron chi connectivity index (χ3n) is 4.20. The van der Waals surface area contributed by atoms with Crippen molar-refractivity contribution >= 4 is 0 Å². The smallest absolute Gasteiger partial charge is 0.0161 e. The Hall–Kier alpha value is -0.0400. The van der Waals surface area contributed by atoms with E-state index in [0.29, 0.717) is 11.0 Å². The molecule has 0 unspecified atom stereocenters. The van der Waals surface area contributed by atoms with Crippen molar-refractivity contribution < 1.29 is 0 Å². The van der Waals surface area contributed by atoms with Crippen LogP contribution in [0.1, 0.15) is 67.2 Å².